The second-order valence-electron chi connectivity index (χ2n) is 9.17. The highest BCUT2D eigenvalue weighted by Crippen LogP contribution is 2.44. The molecule has 1 amide bonds. The van der Waals surface area contributed by atoms with E-state index >= 15 is 0 Å². The van der Waals surface area contributed by atoms with Crippen molar-refractivity contribution in [3.63, 3.8) is 0 Å². The number of aryl methyl sites for hydroxylation is 3. The molecule has 0 saturated carbocycles. The summed E-state index contributed by atoms with van der Waals surface area (Å²) in [5, 5.41) is 13.0. The second kappa shape index (κ2) is 10.3. The van der Waals surface area contributed by atoms with Gasteiger partial charge in [0.1, 0.15) is 17.6 Å². The van der Waals surface area contributed by atoms with E-state index in [1.165, 1.54) is 6.20 Å². The lowest BCUT2D eigenvalue weighted by Gasteiger charge is -2.14. The first-order chi connectivity index (χ1) is 19.2. The van der Waals surface area contributed by atoms with Crippen LogP contribution in [0, 0.1) is 25.2 Å². The SMILES string of the molecule is C=C(F)C(=O)Nc1ccc(-c2c(-c3ccc(Oc4nccc(C)n4)cc3)c3c(N)ncc(C#N)c3n2C)c(C)c1. The smallest absolute Gasteiger partial charge is 0.322 e. The van der Waals surface area contributed by atoms with Crippen molar-refractivity contribution in [1.82, 2.24) is 19.5 Å². The van der Waals surface area contributed by atoms with Crippen LogP contribution in [0.5, 0.6) is 11.8 Å². The molecule has 0 aliphatic heterocycles. The predicted molar refractivity (Wildman–Crippen MR) is 151 cm³/mol. The first-order valence-electron chi connectivity index (χ1n) is 12.2. The highest BCUT2D eigenvalue weighted by molar-refractivity contribution is 6.11. The number of pyridine rings is 1. The lowest BCUT2D eigenvalue weighted by atomic mass is 9.95. The van der Waals surface area contributed by atoms with Crippen LogP contribution in [0.2, 0.25) is 0 Å². The van der Waals surface area contributed by atoms with Gasteiger partial charge in [-0.1, -0.05) is 24.8 Å². The number of rotatable bonds is 6. The van der Waals surface area contributed by atoms with Crippen molar-refractivity contribution < 1.29 is 13.9 Å². The van der Waals surface area contributed by atoms with Gasteiger partial charge < -0.3 is 20.4 Å². The third-order valence-corrected chi connectivity index (χ3v) is 6.47. The van der Waals surface area contributed by atoms with E-state index in [4.69, 9.17) is 10.5 Å². The van der Waals surface area contributed by atoms with E-state index in [1.807, 2.05) is 43.7 Å². The molecule has 10 heteroatoms. The lowest BCUT2D eigenvalue weighted by Crippen LogP contribution is -2.11. The third kappa shape index (κ3) is 4.72. The molecule has 3 aromatic heterocycles. The van der Waals surface area contributed by atoms with Crippen molar-refractivity contribution >= 4 is 28.3 Å². The Hall–Kier alpha value is -5.56. The summed E-state index contributed by atoms with van der Waals surface area (Å²) in [5.74, 6) is -1.16. The molecule has 198 valence electrons. The van der Waals surface area contributed by atoms with E-state index in [2.05, 4.69) is 32.9 Å². The number of nitrogen functional groups attached to an aromatic ring is 1. The molecule has 0 unspecified atom stereocenters. The molecule has 9 nitrogen and oxygen atoms in total. The molecule has 0 aliphatic rings. The number of fused-ring (bicyclic) bond motifs is 1. The topological polar surface area (TPSA) is 132 Å². The van der Waals surface area contributed by atoms with Crippen molar-refractivity contribution in [2.45, 2.75) is 13.8 Å². The molecule has 5 aromatic rings. The van der Waals surface area contributed by atoms with Crippen LogP contribution in [-0.4, -0.2) is 25.4 Å². The van der Waals surface area contributed by atoms with Crippen molar-refractivity contribution in [3.05, 3.63) is 90.2 Å². The number of nitrogens with zero attached hydrogens (tertiary/aromatic N) is 5. The van der Waals surface area contributed by atoms with Gasteiger partial charge in [-0.2, -0.15) is 5.26 Å². The number of benzene rings is 2. The maximum absolute atomic E-state index is 13.2. The maximum atomic E-state index is 13.2. The zero-order chi connectivity index (χ0) is 28.6. The van der Waals surface area contributed by atoms with Gasteiger partial charge in [0, 0.05) is 41.9 Å². The van der Waals surface area contributed by atoms with Crippen molar-refractivity contribution in [3.8, 4) is 40.2 Å². The number of hydrogen-bond donors (Lipinski definition) is 2. The highest BCUT2D eigenvalue weighted by atomic mass is 19.1. The Morgan fingerprint density at radius 1 is 1.15 bits per heavy atom. The van der Waals surface area contributed by atoms with Crippen molar-refractivity contribution in [1.29, 1.82) is 5.26 Å². The normalized spacial score (nSPS) is 10.8. The van der Waals surface area contributed by atoms with Crippen LogP contribution in [0.15, 0.2) is 73.3 Å². The van der Waals surface area contributed by atoms with E-state index in [0.29, 0.717) is 27.9 Å². The number of nitrogens with one attached hydrogen (secondary N) is 1. The largest absolute Gasteiger partial charge is 0.424 e. The fourth-order valence-corrected chi connectivity index (χ4v) is 4.66. The minimum atomic E-state index is -1.08. The van der Waals surface area contributed by atoms with Crippen LogP contribution in [0.3, 0.4) is 0 Å². The Morgan fingerprint density at radius 2 is 1.90 bits per heavy atom. The molecule has 0 atom stereocenters. The van der Waals surface area contributed by atoms with Gasteiger partial charge >= 0.3 is 6.01 Å². The van der Waals surface area contributed by atoms with E-state index in [9.17, 15) is 14.4 Å². The molecular weight excluding hydrogens is 509 g/mol. The zero-order valence-electron chi connectivity index (χ0n) is 22.0. The van der Waals surface area contributed by atoms with Crippen LogP contribution in [-0.2, 0) is 11.8 Å². The first-order valence-corrected chi connectivity index (χ1v) is 12.2. The molecule has 0 aliphatic carbocycles. The third-order valence-electron chi connectivity index (χ3n) is 6.47. The maximum Gasteiger partial charge on any atom is 0.322 e. The number of amides is 1. The standard InChI is InChI=1S/C30H24FN7O2/c1-16-13-21(37-29(39)18(3)31)7-10-23(16)27-24(25-26(38(27)4)20(14-32)15-35-28(25)33)19-5-8-22(9-6-19)40-30-34-12-11-17(2)36-30/h5-13,15H,3H2,1-2,4H3,(H2,33,35)(H,37,39). The van der Waals surface area contributed by atoms with Gasteiger partial charge in [-0.05, 0) is 55.3 Å². The van der Waals surface area contributed by atoms with E-state index in [0.717, 1.165) is 33.6 Å². The number of carbonyl (C=O) groups excluding carboxylic acids is 1. The van der Waals surface area contributed by atoms with Gasteiger partial charge in [0.25, 0.3) is 5.91 Å². The molecular formula is C30H24FN7O2. The number of halogens is 1. The summed E-state index contributed by atoms with van der Waals surface area (Å²) in [5.41, 5.74) is 12.6. The molecule has 2 aromatic carbocycles. The number of nitrogens with two attached hydrogens (primary N) is 1. The quantitative estimate of drug-likeness (QED) is 0.257. The van der Waals surface area contributed by atoms with Crippen LogP contribution < -0.4 is 15.8 Å². The molecule has 0 fully saturated rings. The van der Waals surface area contributed by atoms with Crippen LogP contribution in [0.25, 0.3) is 33.3 Å². The van der Waals surface area contributed by atoms with E-state index in [1.54, 1.807) is 36.5 Å². The summed E-state index contributed by atoms with van der Waals surface area (Å²) in [7, 11) is 1.86. The molecule has 0 spiro atoms. The minimum Gasteiger partial charge on any atom is -0.424 e. The Balaban J connectivity index is 1.67. The van der Waals surface area contributed by atoms with E-state index < -0.39 is 11.7 Å². The average molecular weight is 534 g/mol. The summed E-state index contributed by atoms with van der Waals surface area (Å²) in [6.45, 7) is 6.77. The Morgan fingerprint density at radius 3 is 2.55 bits per heavy atom. The van der Waals surface area contributed by atoms with Crippen molar-refractivity contribution in [2.75, 3.05) is 11.1 Å². The highest BCUT2D eigenvalue weighted by Gasteiger charge is 2.24. The number of ether oxygens (including phenoxy) is 1. The molecule has 0 radical (unpaired) electrons. The summed E-state index contributed by atoms with van der Waals surface area (Å²) in [6.07, 6.45) is 3.09. The van der Waals surface area contributed by atoms with Gasteiger partial charge in [-0.3, -0.25) is 4.79 Å². The van der Waals surface area contributed by atoms with Crippen molar-refractivity contribution in [2.24, 2.45) is 7.05 Å². The summed E-state index contributed by atoms with van der Waals surface area (Å²) >= 11 is 0. The number of nitriles is 1. The van der Waals surface area contributed by atoms with Gasteiger partial charge in [-0.15, -0.1) is 0 Å². The summed E-state index contributed by atoms with van der Waals surface area (Å²) < 4.78 is 21.0. The zero-order valence-corrected chi connectivity index (χ0v) is 22.0. The van der Waals surface area contributed by atoms with Gasteiger partial charge in [-0.25, -0.2) is 19.3 Å². The monoisotopic (exact) mass is 533 g/mol. The van der Waals surface area contributed by atoms with Crippen LogP contribution in [0.4, 0.5) is 15.9 Å². The Bertz CT molecular complexity index is 1850. The predicted octanol–water partition coefficient (Wildman–Crippen LogP) is 5.98. The number of hydrogen-bond acceptors (Lipinski definition) is 7. The number of carbonyl (C=O) groups is 1. The lowest BCUT2D eigenvalue weighted by molar-refractivity contribution is -0.114. The van der Waals surface area contributed by atoms with Gasteiger partial charge in [0.15, 0.2) is 5.83 Å². The first kappa shape index (κ1) is 26.1. The molecule has 40 heavy (non-hydrogen) atoms. The summed E-state index contributed by atoms with van der Waals surface area (Å²) in [4.78, 5) is 24.5. The second-order valence-corrected chi connectivity index (χ2v) is 9.17. The van der Waals surface area contributed by atoms with Gasteiger partial charge in [0.2, 0.25) is 0 Å². The minimum absolute atomic E-state index is 0.241. The van der Waals surface area contributed by atoms with Crippen LogP contribution >= 0.6 is 0 Å². The Labute approximate surface area is 229 Å². The van der Waals surface area contributed by atoms with Gasteiger partial charge in [0.05, 0.1) is 22.2 Å². The fourth-order valence-electron chi connectivity index (χ4n) is 4.66. The molecule has 3 heterocycles. The van der Waals surface area contributed by atoms with Crippen LogP contribution in [0.1, 0.15) is 16.8 Å². The number of anilines is 2. The average Bonchev–Trinajstić information content (AvgIpc) is 3.23. The fraction of sp³-hybridized carbons (Fsp3) is 0.100. The molecule has 5 rings (SSSR count). The summed E-state index contributed by atoms with van der Waals surface area (Å²) in [6, 6.07) is 16.9. The Kier molecular flexibility index (Phi) is 6.71. The number of aromatic nitrogens is 4. The molecule has 3 N–H and O–H groups in total. The van der Waals surface area contributed by atoms with E-state index in [-0.39, 0.29) is 11.8 Å². The molecule has 0 bridgehead atoms. The molecule has 0 saturated heterocycles.